The first kappa shape index (κ1) is 14.0. The van der Waals surface area contributed by atoms with Crippen LogP contribution >= 0.6 is 0 Å². The summed E-state index contributed by atoms with van der Waals surface area (Å²) in [5.41, 5.74) is -1.05. The van der Waals surface area contributed by atoms with Gasteiger partial charge in [-0.05, 0) is 26.7 Å². The van der Waals surface area contributed by atoms with Gasteiger partial charge in [-0.3, -0.25) is 14.9 Å². The van der Waals surface area contributed by atoms with Gasteiger partial charge in [-0.1, -0.05) is 12.8 Å². The maximum atomic E-state index is 11.9. The number of nitrogens with zero attached hydrogens (tertiary/aromatic N) is 1. The molecular weight excluding hydrogens is 220 g/mol. The summed E-state index contributed by atoms with van der Waals surface area (Å²) < 4.78 is 0. The predicted octanol–water partition coefficient (Wildman–Crippen LogP) is 0.842. The molecule has 0 radical (unpaired) electrons. The van der Waals surface area contributed by atoms with Gasteiger partial charge in [0.1, 0.15) is 5.54 Å². The summed E-state index contributed by atoms with van der Waals surface area (Å²) in [7, 11) is 0. The van der Waals surface area contributed by atoms with E-state index in [4.69, 9.17) is 5.11 Å². The zero-order chi connectivity index (χ0) is 12.9. The zero-order valence-electron chi connectivity index (χ0n) is 10.7. The van der Waals surface area contributed by atoms with Crippen molar-refractivity contribution in [1.29, 1.82) is 0 Å². The maximum Gasteiger partial charge on any atom is 0.323 e. The van der Waals surface area contributed by atoms with E-state index in [2.05, 4.69) is 5.32 Å². The van der Waals surface area contributed by atoms with E-state index in [1.807, 2.05) is 4.90 Å². The molecule has 0 aromatic carbocycles. The monoisotopic (exact) mass is 242 g/mol. The lowest BCUT2D eigenvalue weighted by Gasteiger charge is -2.25. The van der Waals surface area contributed by atoms with E-state index >= 15 is 0 Å². The SMILES string of the molecule is CC(C)(NCC(=O)N1CCCCCC1)C(=O)O. The van der Waals surface area contributed by atoms with E-state index in [0.717, 1.165) is 25.9 Å². The summed E-state index contributed by atoms with van der Waals surface area (Å²) in [5.74, 6) is -0.942. The molecule has 1 aliphatic rings. The number of nitrogens with one attached hydrogen (secondary N) is 1. The summed E-state index contributed by atoms with van der Waals surface area (Å²) in [6.45, 7) is 4.82. The van der Waals surface area contributed by atoms with Gasteiger partial charge in [0, 0.05) is 13.1 Å². The van der Waals surface area contributed by atoms with Crippen LogP contribution in [0.4, 0.5) is 0 Å². The molecule has 1 aliphatic heterocycles. The summed E-state index contributed by atoms with van der Waals surface area (Å²) >= 11 is 0. The van der Waals surface area contributed by atoms with Crippen LogP contribution < -0.4 is 5.32 Å². The van der Waals surface area contributed by atoms with Crippen molar-refractivity contribution in [3.05, 3.63) is 0 Å². The second-order valence-corrected chi connectivity index (χ2v) is 5.08. The van der Waals surface area contributed by atoms with Gasteiger partial charge in [0.15, 0.2) is 0 Å². The van der Waals surface area contributed by atoms with Crippen molar-refractivity contribution in [2.24, 2.45) is 0 Å². The molecule has 0 saturated carbocycles. The number of amides is 1. The Hall–Kier alpha value is -1.10. The fourth-order valence-electron chi connectivity index (χ4n) is 1.80. The Morgan fingerprint density at radius 1 is 1.18 bits per heavy atom. The molecule has 5 nitrogen and oxygen atoms in total. The van der Waals surface area contributed by atoms with Crippen molar-refractivity contribution < 1.29 is 14.7 Å². The Morgan fingerprint density at radius 2 is 1.71 bits per heavy atom. The Balaban J connectivity index is 2.40. The smallest absolute Gasteiger partial charge is 0.323 e. The molecule has 0 unspecified atom stereocenters. The number of hydrogen-bond acceptors (Lipinski definition) is 3. The molecule has 2 N–H and O–H groups in total. The molecule has 0 aromatic heterocycles. The number of rotatable bonds is 4. The van der Waals surface area contributed by atoms with Crippen LogP contribution in [0.1, 0.15) is 39.5 Å². The van der Waals surface area contributed by atoms with Crippen LogP contribution in [-0.4, -0.2) is 47.1 Å². The van der Waals surface area contributed by atoms with E-state index in [1.165, 1.54) is 12.8 Å². The average molecular weight is 242 g/mol. The van der Waals surface area contributed by atoms with Crippen LogP contribution in [0.3, 0.4) is 0 Å². The molecule has 1 heterocycles. The molecule has 1 rings (SSSR count). The number of likely N-dealkylation sites (tertiary alicyclic amines) is 1. The second-order valence-electron chi connectivity index (χ2n) is 5.08. The van der Waals surface area contributed by atoms with Crippen molar-refractivity contribution >= 4 is 11.9 Å². The molecule has 0 bridgehead atoms. The van der Waals surface area contributed by atoms with Crippen LogP contribution in [0.2, 0.25) is 0 Å². The lowest BCUT2D eigenvalue weighted by Crippen LogP contribution is -2.51. The topological polar surface area (TPSA) is 69.6 Å². The molecule has 0 aliphatic carbocycles. The third-order valence-corrected chi connectivity index (χ3v) is 3.17. The minimum Gasteiger partial charge on any atom is -0.480 e. The van der Waals surface area contributed by atoms with Crippen LogP contribution in [0.15, 0.2) is 0 Å². The fourth-order valence-corrected chi connectivity index (χ4v) is 1.80. The number of aliphatic carboxylic acids is 1. The summed E-state index contributed by atoms with van der Waals surface area (Å²) in [6.07, 6.45) is 4.46. The Labute approximate surface area is 102 Å². The van der Waals surface area contributed by atoms with Gasteiger partial charge in [0.2, 0.25) is 5.91 Å². The summed E-state index contributed by atoms with van der Waals surface area (Å²) in [6, 6.07) is 0. The number of carboxylic acid groups (broad SMARTS) is 1. The Bertz CT molecular complexity index is 281. The predicted molar refractivity (Wildman–Crippen MR) is 64.8 cm³/mol. The van der Waals surface area contributed by atoms with Crippen molar-refractivity contribution in [3.63, 3.8) is 0 Å². The Kier molecular flexibility index (Phi) is 4.93. The molecule has 5 heteroatoms. The van der Waals surface area contributed by atoms with Crippen LogP contribution in [0.25, 0.3) is 0 Å². The molecule has 0 aromatic rings. The average Bonchev–Trinajstić information content (AvgIpc) is 2.54. The molecule has 1 amide bonds. The number of carbonyl (C=O) groups excluding carboxylic acids is 1. The molecule has 1 saturated heterocycles. The minimum absolute atomic E-state index is 0.00113. The molecule has 98 valence electrons. The van der Waals surface area contributed by atoms with E-state index < -0.39 is 11.5 Å². The quantitative estimate of drug-likeness (QED) is 0.766. The highest BCUT2D eigenvalue weighted by Crippen LogP contribution is 2.10. The van der Waals surface area contributed by atoms with E-state index in [0.29, 0.717) is 0 Å². The highest BCUT2D eigenvalue weighted by molar-refractivity contribution is 5.81. The summed E-state index contributed by atoms with van der Waals surface area (Å²) in [5, 5.41) is 11.7. The first-order valence-corrected chi connectivity index (χ1v) is 6.20. The van der Waals surface area contributed by atoms with Gasteiger partial charge in [-0.2, -0.15) is 0 Å². The molecule has 0 spiro atoms. The van der Waals surface area contributed by atoms with Crippen molar-refractivity contribution in [1.82, 2.24) is 10.2 Å². The van der Waals surface area contributed by atoms with Gasteiger partial charge in [-0.25, -0.2) is 0 Å². The lowest BCUT2D eigenvalue weighted by atomic mass is 10.1. The molecule has 17 heavy (non-hydrogen) atoms. The van der Waals surface area contributed by atoms with Gasteiger partial charge >= 0.3 is 5.97 Å². The van der Waals surface area contributed by atoms with E-state index in [9.17, 15) is 9.59 Å². The highest BCUT2D eigenvalue weighted by atomic mass is 16.4. The second kappa shape index (κ2) is 6.00. The largest absolute Gasteiger partial charge is 0.480 e. The highest BCUT2D eigenvalue weighted by Gasteiger charge is 2.27. The van der Waals surface area contributed by atoms with Crippen molar-refractivity contribution in [2.45, 2.75) is 45.1 Å². The van der Waals surface area contributed by atoms with Crippen LogP contribution in [-0.2, 0) is 9.59 Å². The van der Waals surface area contributed by atoms with E-state index in [-0.39, 0.29) is 12.5 Å². The first-order chi connectivity index (χ1) is 7.93. The number of carbonyl (C=O) groups is 2. The number of hydrogen-bond donors (Lipinski definition) is 2. The molecule has 0 atom stereocenters. The maximum absolute atomic E-state index is 11.9. The minimum atomic E-state index is -1.05. The standard InChI is InChI=1S/C12H22N2O3/c1-12(2,11(16)17)13-9-10(15)14-7-5-3-4-6-8-14/h13H,3-9H2,1-2H3,(H,16,17). The third-order valence-electron chi connectivity index (χ3n) is 3.17. The van der Waals surface area contributed by atoms with Gasteiger partial charge in [0.05, 0.1) is 6.54 Å². The van der Waals surface area contributed by atoms with Crippen LogP contribution in [0.5, 0.6) is 0 Å². The van der Waals surface area contributed by atoms with Gasteiger partial charge < -0.3 is 10.0 Å². The number of carboxylic acids is 1. The van der Waals surface area contributed by atoms with Crippen molar-refractivity contribution in [2.75, 3.05) is 19.6 Å². The Morgan fingerprint density at radius 3 is 2.18 bits per heavy atom. The third kappa shape index (κ3) is 4.34. The molecular formula is C12H22N2O3. The lowest BCUT2D eigenvalue weighted by molar-refractivity contribution is -0.143. The van der Waals surface area contributed by atoms with Crippen LogP contribution in [0, 0.1) is 0 Å². The van der Waals surface area contributed by atoms with E-state index in [1.54, 1.807) is 13.8 Å². The fraction of sp³-hybridized carbons (Fsp3) is 0.833. The normalized spacial score (nSPS) is 17.6. The van der Waals surface area contributed by atoms with Crippen molar-refractivity contribution in [3.8, 4) is 0 Å². The van der Waals surface area contributed by atoms with Gasteiger partial charge in [-0.15, -0.1) is 0 Å². The van der Waals surface area contributed by atoms with Gasteiger partial charge in [0.25, 0.3) is 0 Å². The molecule has 1 fully saturated rings. The summed E-state index contributed by atoms with van der Waals surface area (Å²) in [4.78, 5) is 24.6. The first-order valence-electron chi connectivity index (χ1n) is 6.20. The zero-order valence-corrected chi connectivity index (χ0v) is 10.7.